The number of hydrogen-bond acceptors (Lipinski definition) is 3. The van der Waals surface area contributed by atoms with Gasteiger partial charge in [-0.05, 0) is 24.3 Å². The third-order valence-electron chi connectivity index (χ3n) is 1.85. The minimum absolute atomic E-state index is 0.0924. The van der Waals surface area contributed by atoms with Crippen molar-refractivity contribution in [3.63, 3.8) is 0 Å². The zero-order valence-electron chi connectivity index (χ0n) is 10.3. The van der Waals surface area contributed by atoms with Gasteiger partial charge in [0.05, 0.1) is 10.6 Å². The van der Waals surface area contributed by atoms with Crippen LogP contribution in [-0.2, 0) is 10.0 Å². The van der Waals surface area contributed by atoms with Crippen LogP contribution in [0.25, 0.3) is 0 Å². The zero-order valence-corrected chi connectivity index (χ0v) is 11.1. The molecule has 10 N–H and O–H groups in total. The maximum atomic E-state index is 11.7. The third-order valence-corrected chi connectivity index (χ3v) is 3.17. The quantitative estimate of drug-likeness (QED) is 0.309. The fraction of sp³-hybridized carbons (Fsp3) is 0. The van der Waals surface area contributed by atoms with Gasteiger partial charge in [0.2, 0.25) is 11.9 Å². The number of guanidine groups is 3. The summed E-state index contributed by atoms with van der Waals surface area (Å²) in [6, 6.07) is 5.32. The first-order valence-electron chi connectivity index (χ1n) is 5.10. The Labute approximate surface area is 115 Å². The predicted molar refractivity (Wildman–Crippen MR) is 76.5 cm³/mol. The fourth-order valence-electron chi connectivity index (χ4n) is 1.17. The van der Waals surface area contributed by atoms with E-state index in [1.165, 1.54) is 24.3 Å². The van der Waals surface area contributed by atoms with Gasteiger partial charge in [0.15, 0.2) is 5.96 Å². The van der Waals surface area contributed by atoms with Crippen LogP contribution in [-0.4, -0.2) is 26.3 Å². The number of rotatable bonds is 3. The first-order valence-corrected chi connectivity index (χ1v) is 6.54. The second-order valence-corrected chi connectivity index (χ2v) is 5.10. The van der Waals surface area contributed by atoms with Crippen molar-refractivity contribution < 1.29 is 8.42 Å². The number of sulfonamides is 1. The van der Waals surface area contributed by atoms with Gasteiger partial charge in [-0.25, -0.2) is 4.99 Å². The summed E-state index contributed by atoms with van der Waals surface area (Å²) in [6.45, 7) is 0. The van der Waals surface area contributed by atoms with Gasteiger partial charge in [0, 0.05) is 0 Å². The molecule has 1 aromatic rings. The molecule has 0 heterocycles. The monoisotopic (exact) mass is 298 g/mol. The molecule has 0 fully saturated rings. The molecule has 10 nitrogen and oxygen atoms in total. The molecule has 1 aromatic carbocycles. The molecule has 108 valence electrons. The molecule has 0 saturated carbocycles. The highest BCUT2D eigenvalue weighted by Gasteiger charge is 2.12. The SMILES string of the molecule is NC(N)=NC(N)=Nc1ccc(S(=O)(=O)N=C(N)N)cc1. The molecule has 0 spiro atoms. The van der Waals surface area contributed by atoms with E-state index < -0.39 is 16.0 Å². The van der Waals surface area contributed by atoms with Crippen LogP contribution in [0.3, 0.4) is 0 Å². The van der Waals surface area contributed by atoms with Crippen molar-refractivity contribution in [1.29, 1.82) is 0 Å². The van der Waals surface area contributed by atoms with Crippen LogP contribution in [0.5, 0.6) is 0 Å². The molecule has 0 aromatic heterocycles. The zero-order chi connectivity index (χ0) is 15.3. The van der Waals surface area contributed by atoms with Crippen LogP contribution in [0.2, 0.25) is 0 Å². The molecule has 1 rings (SSSR count). The molecule has 0 aliphatic rings. The highest BCUT2D eigenvalue weighted by Crippen LogP contribution is 2.18. The molecule has 0 atom stereocenters. The number of nitrogens with zero attached hydrogens (tertiary/aromatic N) is 3. The second-order valence-electron chi connectivity index (χ2n) is 3.49. The van der Waals surface area contributed by atoms with E-state index in [1.54, 1.807) is 0 Å². The Hall–Kier alpha value is -2.82. The number of aliphatic imine (C=N–C) groups is 2. The molecule has 0 aliphatic heterocycles. The van der Waals surface area contributed by atoms with Crippen molar-refractivity contribution in [3.05, 3.63) is 24.3 Å². The van der Waals surface area contributed by atoms with Crippen LogP contribution in [0.4, 0.5) is 5.69 Å². The Morgan fingerprint density at radius 3 is 1.90 bits per heavy atom. The van der Waals surface area contributed by atoms with Crippen LogP contribution in [0.15, 0.2) is 43.5 Å². The van der Waals surface area contributed by atoms with Crippen LogP contribution in [0, 0.1) is 0 Å². The van der Waals surface area contributed by atoms with Gasteiger partial charge in [0.1, 0.15) is 0 Å². The number of benzene rings is 1. The first kappa shape index (κ1) is 15.2. The largest absolute Gasteiger partial charge is 0.370 e. The molecule has 0 unspecified atom stereocenters. The Morgan fingerprint density at radius 1 is 0.900 bits per heavy atom. The topological polar surface area (TPSA) is 201 Å². The van der Waals surface area contributed by atoms with Crippen molar-refractivity contribution in [3.8, 4) is 0 Å². The summed E-state index contributed by atoms with van der Waals surface area (Å²) < 4.78 is 26.5. The second kappa shape index (κ2) is 5.88. The number of nitrogens with two attached hydrogens (primary N) is 5. The molecule has 20 heavy (non-hydrogen) atoms. The minimum atomic E-state index is -3.93. The van der Waals surface area contributed by atoms with E-state index in [0.29, 0.717) is 5.69 Å². The van der Waals surface area contributed by atoms with Crippen LogP contribution < -0.4 is 28.7 Å². The minimum Gasteiger partial charge on any atom is -0.370 e. The smallest absolute Gasteiger partial charge is 0.285 e. The predicted octanol–water partition coefficient (Wildman–Crippen LogP) is -2.13. The third kappa shape index (κ3) is 4.45. The fourth-order valence-corrected chi connectivity index (χ4v) is 2.04. The maximum absolute atomic E-state index is 11.7. The van der Waals surface area contributed by atoms with E-state index in [0.717, 1.165) is 0 Å². The molecular formula is C9H14N8O2S. The Morgan fingerprint density at radius 2 is 1.45 bits per heavy atom. The van der Waals surface area contributed by atoms with E-state index in [9.17, 15) is 8.42 Å². The lowest BCUT2D eigenvalue weighted by Gasteiger charge is -2.00. The van der Waals surface area contributed by atoms with E-state index in [4.69, 9.17) is 28.7 Å². The lowest BCUT2D eigenvalue weighted by atomic mass is 10.3. The van der Waals surface area contributed by atoms with Crippen molar-refractivity contribution >= 4 is 33.6 Å². The van der Waals surface area contributed by atoms with Gasteiger partial charge < -0.3 is 28.7 Å². The van der Waals surface area contributed by atoms with Gasteiger partial charge >= 0.3 is 0 Å². The molecule has 0 saturated heterocycles. The van der Waals surface area contributed by atoms with Gasteiger partial charge in [-0.15, -0.1) is 4.40 Å². The lowest BCUT2D eigenvalue weighted by molar-refractivity contribution is 0.598. The van der Waals surface area contributed by atoms with Crippen molar-refractivity contribution in [1.82, 2.24) is 0 Å². The van der Waals surface area contributed by atoms with Gasteiger partial charge in [0.25, 0.3) is 10.0 Å². The van der Waals surface area contributed by atoms with Crippen molar-refractivity contribution in [2.24, 2.45) is 43.1 Å². The van der Waals surface area contributed by atoms with Gasteiger partial charge in [-0.3, -0.25) is 0 Å². The molecule has 0 bridgehead atoms. The van der Waals surface area contributed by atoms with Crippen molar-refractivity contribution in [2.45, 2.75) is 4.90 Å². The number of hydrogen-bond donors (Lipinski definition) is 5. The molecule has 0 amide bonds. The summed E-state index contributed by atoms with van der Waals surface area (Å²) in [4.78, 5) is 7.27. The Bertz CT molecular complexity index is 666. The van der Waals surface area contributed by atoms with Crippen LogP contribution >= 0.6 is 0 Å². The summed E-state index contributed by atoms with van der Waals surface area (Å²) >= 11 is 0. The molecule has 0 aliphatic carbocycles. The van der Waals surface area contributed by atoms with E-state index >= 15 is 0 Å². The average Bonchev–Trinajstić information content (AvgIpc) is 2.26. The Balaban J connectivity index is 3.07. The highest BCUT2D eigenvalue weighted by atomic mass is 32.2. The van der Waals surface area contributed by atoms with Gasteiger partial charge in [-0.2, -0.15) is 13.4 Å². The normalized spacial score (nSPS) is 11.7. The summed E-state index contributed by atoms with van der Waals surface area (Å²) in [5, 5.41) is 0. The van der Waals surface area contributed by atoms with E-state index in [-0.39, 0.29) is 16.8 Å². The Kier molecular flexibility index (Phi) is 4.48. The summed E-state index contributed by atoms with van der Waals surface area (Å²) in [5.41, 5.74) is 26.1. The standard InChI is InChI=1S/C9H14N8O2S/c10-7(11)16-9(14)15-5-1-3-6(4-2-5)20(18,19)17-8(12)13/h1-4H,(H4,12,13,17)(H6,10,11,14,15,16). The van der Waals surface area contributed by atoms with Crippen molar-refractivity contribution in [2.75, 3.05) is 0 Å². The summed E-state index contributed by atoms with van der Waals surface area (Å²) in [5.74, 6) is -0.952. The highest BCUT2D eigenvalue weighted by molar-refractivity contribution is 7.90. The maximum Gasteiger partial charge on any atom is 0.285 e. The average molecular weight is 298 g/mol. The van der Waals surface area contributed by atoms with Gasteiger partial charge in [-0.1, -0.05) is 0 Å². The van der Waals surface area contributed by atoms with E-state index in [2.05, 4.69) is 14.4 Å². The molecule has 0 radical (unpaired) electrons. The molecular weight excluding hydrogens is 284 g/mol. The lowest BCUT2D eigenvalue weighted by Crippen LogP contribution is -2.26. The first-order chi connectivity index (χ1) is 9.20. The molecule has 11 heteroatoms. The summed E-state index contributed by atoms with van der Waals surface area (Å²) in [6.07, 6.45) is 0. The van der Waals surface area contributed by atoms with E-state index in [1.807, 2.05) is 0 Å². The van der Waals surface area contributed by atoms with Crippen LogP contribution in [0.1, 0.15) is 0 Å². The summed E-state index contributed by atoms with van der Waals surface area (Å²) in [7, 11) is -3.93.